The number of aromatic nitrogens is 1. The Morgan fingerprint density at radius 3 is 3.12 bits per heavy atom. The fourth-order valence-corrected chi connectivity index (χ4v) is 2.35. The Bertz CT molecular complexity index is 355. The summed E-state index contributed by atoms with van der Waals surface area (Å²) in [5.74, 6) is 2.05. The molecule has 0 radical (unpaired) electrons. The predicted octanol–water partition coefficient (Wildman–Crippen LogP) is 2.21. The molecular weight excluding hydrogens is 222 g/mol. The van der Waals surface area contributed by atoms with Gasteiger partial charge in [-0.1, -0.05) is 24.6 Å². The van der Waals surface area contributed by atoms with Crippen molar-refractivity contribution in [2.24, 2.45) is 10.9 Å². The number of unbranched alkanes of at least 4 members (excludes halogenated alkanes) is 1. The molecule has 0 aromatic carbocycles. The lowest BCUT2D eigenvalue weighted by atomic mass is 10.2. The minimum Gasteiger partial charge on any atom is -0.409 e. The van der Waals surface area contributed by atoms with Gasteiger partial charge < -0.3 is 10.9 Å². The third-order valence-electron chi connectivity index (χ3n) is 2.14. The van der Waals surface area contributed by atoms with Crippen molar-refractivity contribution in [2.75, 3.05) is 5.75 Å². The Morgan fingerprint density at radius 2 is 2.44 bits per heavy atom. The van der Waals surface area contributed by atoms with Crippen molar-refractivity contribution in [3.8, 4) is 0 Å². The molecule has 88 valence electrons. The molecule has 1 aromatic rings. The summed E-state index contributed by atoms with van der Waals surface area (Å²) in [6, 6.07) is 3.82. The van der Waals surface area contributed by atoms with E-state index >= 15 is 0 Å². The first-order valence-electron chi connectivity index (χ1n) is 5.29. The molecule has 1 aromatic heterocycles. The second kappa shape index (κ2) is 7.11. The molecule has 0 spiro atoms. The summed E-state index contributed by atoms with van der Waals surface area (Å²) in [7, 11) is 0. The van der Waals surface area contributed by atoms with E-state index in [9.17, 15) is 0 Å². The number of hydrogen-bond acceptors (Lipinski definition) is 4. The van der Waals surface area contributed by atoms with Gasteiger partial charge in [-0.3, -0.25) is 4.98 Å². The third kappa shape index (κ3) is 3.73. The topological polar surface area (TPSA) is 71.5 Å². The number of pyridine rings is 1. The number of thioether (sulfide) groups is 1. The molecule has 0 aliphatic heterocycles. The highest BCUT2D eigenvalue weighted by Crippen LogP contribution is 2.16. The molecule has 0 atom stereocenters. The molecule has 1 rings (SSSR count). The van der Waals surface area contributed by atoms with Crippen LogP contribution in [0.25, 0.3) is 0 Å². The van der Waals surface area contributed by atoms with Crippen LogP contribution in [0.2, 0.25) is 0 Å². The van der Waals surface area contributed by atoms with Crippen molar-refractivity contribution in [3.63, 3.8) is 0 Å². The summed E-state index contributed by atoms with van der Waals surface area (Å²) >= 11 is 1.84. The van der Waals surface area contributed by atoms with E-state index in [2.05, 4.69) is 17.1 Å². The van der Waals surface area contributed by atoms with Gasteiger partial charge in [0.25, 0.3) is 0 Å². The van der Waals surface area contributed by atoms with Gasteiger partial charge in [0.1, 0.15) is 5.69 Å². The molecule has 4 nitrogen and oxygen atoms in total. The van der Waals surface area contributed by atoms with Gasteiger partial charge in [0.15, 0.2) is 5.84 Å². The first-order valence-corrected chi connectivity index (χ1v) is 6.44. The van der Waals surface area contributed by atoms with E-state index in [-0.39, 0.29) is 5.84 Å². The SMILES string of the molecule is CCCCSCc1cccnc1C(N)=NO. The van der Waals surface area contributed by atoms with Gasteiger partial charge >= 0.3 is 0 Å². The van der Waals surface area contributed by atoms with E-state index in [1.807, 2.05) is 23.9 Å². The normalized spacial score (nSPS) is 11.7. The van der Waals surface area contributed by atoms with Crippen LogP contribution in [0.3, 0.4) is 0 Å². The van der Waals surface area contributed by atoms with E-state index in [4.69, 9.17) is 10.9 Å². The summed E-state index contributed by atoms with van der Waals surface area (Å²) < 4.78 is 0. The Balaban J connectivity index is 2.64. The van der Waals surface area contributed by atoms with Crippen molar-refractivity contribution in [1.29, 1.82) is 0 Å². The van der Waals surface area contributed by atoms with Crippen LogP contribution in [0.1, 0.15) is 31.0 Å². The highest BCUT2D eigenvalue weighted by atomic mass is 32.2. The van der Waals surface area contributed by atoms with Crippen molar-refractivity contribution in [1.82, 2.24) is 4.98 Å². The average molecular weight is 239 g/mol. The Labute approximate surface area is 99.9 Å². The molecule has 1 heterocycles. The third-order valence-corrected chi connectivity index (χ3v) is 3.23. The van der Waals surface area contributed by atoms with Crippen LogP contribution >= 0.6 is 11.8 Å². The van der Waals surface area contributed by atoms with Crippen molar-refractivity contribution in [3.05, 3.63) is 29.6 Å². The molecule has 0 fully saturated rings. The van der Waals surface area contributed by atoms with Crippen molar-refractivity contribution in [2.45, 2.75) is 25.5 Å². The first kappa shape index (κ1) is 12.8. The van der Waals surface area contributed by atoms with Gasteiger partial charge in [-0.05, 0) is 23.8 Å². The lowest BCUT2D eigenvalue weighted by Crippen LogP contribution is -2.17. The molecule has 0 aliphatic rings. The van der Waals surface area contributed by atoms with E-state index in [0.29, 0.717) is 5.69 Å². The monoisotopic (exact) mass is 239 g/mol. The number of hydrogen-bond donors (Lipinski definition) is 2. The fourth-order valence-electron chi connectivity index (χ4n) is 1.26. The summed E-state index contributed by atoms with van der Waals surface area (Å²) in [5.41, 5.74) is 7.14. The largest absolute Gasteiger partial charge is 0.409 e. The molecule has 0 amide bonds. The Morgan fingerprint density at radius 1 is 1.62 bits per heavy atom. The zero-order chi connectivity index (χ0) is 11.8. The van der Waals surface area contributed by atoms with Gasteiger partial charge in [-0.25, -0.2) is 0 Å². The fraction of sp³-hybridized carbons (Fsp3) is 0.455. The number of nitrogens with zero attached hydrogens (tertiary/aromatic N) is 2. The second-order valence-corrected chi connectivity index (χ2v) is 4.51. The number of oxime groups is 1. The molecule has 0 saturated heterocycles. The van der Waals surface area contributed by atoms with Crippen LogP contribution < -0.4 is 5.73 Å². The molecule has 5 heteroatoms. The second-order valence-electron chi connectivity index (χ2n) is 3.40. The van der Waals surface area contributed by atoms with E-state index in [1.54, 1.807) is 6.20 Å². The van der Waals surface area contributed by atoms with Crippen LogP contribution in [0, 0.1) is 0 Å². The van der Waals surface area contributed by atoms with Gasteiger partial charge in [0.2, 0.25) is 0 Å². The first-order chi connectivity index (χ1) is 7.79. The molecule has 3 N–H and O–H groups in total. The molecule has 16 heavy (non-hydrogen) atoms. The minimum atomic E-state index is 0.0756. The summed E-state index contributed by atoms with van der Waals surface area (Å²) in [6.07, 6.45) is 4.06. The van der Waals surface area contributed by atoms with Crippen LogP contribution in [0.5, 0.6) is 0 Å². The lowest BCUT2D eigenvalue weighted by molar-refractivity contribution is 0.318. The summed E-state index contributed by atoms with van der Waals surface area (Å²) in [6.45, 7) is 2.17. The van der Waals surface area contributed by atoms with Gasteiger partial charge in [-0.15, -0.1) is 0 Å². The summed E-state index contributed by atoms with van der Waals surface area (Å²) in [4.78, 5) is 4.12. The van der Waals surface area contributed by atoms with E-state index in [1.165, 1.54) is 12.8 Å². The standard InChI is InChI=1S/C11H17N3OS/c1-2-3-7-16-8-9-5-4-6-13-10(9)11(12)14-15/h4-6,15H,2-3,7-8H2,1H3,(H2,12,14). The van der Waals surface area contributed by atoms with Crippen LogP contribution in [-0.4, -0.2) is 21.8 Å². The average Bonchev–Trinajstić information content (AvgIpc) is 2.34. The van der Waals surface area contributed by atoms with Crippen LogP contribution in [-0.2, 0) is 5.75 Å². The quantitative estimate of drug-likeness (QED) is 0.262. The number of amidine groups is 1. The predicted molar refractivity (Wildman–Crippen MR) is 67.8 cm³/mol. The summed E-state index contributed by atoms with van der Waals surface area (Å²) in [5, 5.41) is 11.6. The molecule has 0 unspecified atom stereocenters. The van der Waals surface area contributed by atoms with Crippen molar-refractivity contribution < 1.29 is 5.21 Å². The number of nitrogens with two attached hydrogens (primary N) is 1. The zero-order valence-corrected chi connectivity index (χ0v) is 10.2. The van der Waals surface area contributed by atoms with Crippen LogP contribution in [0.15, 0.2) is 23.5 Å². The molecule has 0 saturated carbocycles. The van der Waals surface area contributed by atoms with E-state index in [0.717, 1.165) is 17.1 Å². The Kier molecular flexibility index (Phi) is 5.71. The molecule has 0 aliphatic carbocycles. The van der Waals surface area contributed by atoms with Gasteiger partial charge in [0.05, 0.1) is 0 Å². The highest BCUT2D eigenvalue weighted by Gasteiger charge is 2.07. The smallest absolute Gasteiger partial charge is 0.189 e. The maximum Gasteiger partial charge on any atom is 0.189 e. The maximum atomic E-state index is 8.64. The van der Waals surface area contributed by atoms with Crippen molar-refractivity contribution >= 4 is 17.6 Å². The molecule has 0 bridgehead atoms. The number of rotatable bonds is 6. The highest BCUT2D eigenvalue weighted by molar-refractivity contribution is 7.98. The maximum absolute atomic E-state index is 8.64. The van der Waals surface area contributed by atoms with Gasteiger partial charge in [0, 0.05) is 11.9 Å². The van der Waals surface area contributed by atoms with E-state index < -0.39 is 0 Å². The molecular formula is C11H17N3OS. The zero-order valence-electron chi connectivity index (χ0n) is 9.39. The lowest BCUT2D eigenvalue weighted by Gasteiger charge is -2.06. The van der Waals surface area contributed by atoms with Crippen LogP contribution in [0.4, 0.5) is 0 Å². The Hall–Kier alpha value is -1.23. The van der Waals surface area contributed by atoms with Gasteiger partial charge in [-0.2, -0.15) is 11.8 Å². The minimum absolute atomic E-state index is 0.0756.